The van der Waals surface area contributed by atoms with Gasteiger partial charge in [-0.3, -0.25) is 4.79 Å². The summed E-state index contributed by atoms with van der Waals surface area (Å²) in [7, 11) is 0. The lowest BCUT2D eigenvalue weighted by atomic mass is 10.1. The third-order valence-electron chi connectivity index (χ3n) is 4.44. The number of aromatic nitrogens is 2. The van der Waals surface area contributed by atoms with E-state index < -0.39 is 6.10 Å². The fourth-order valence-corrected chi connectivity index (χ4v) is 2.81. The molecule has 7 heteroatoms. The highest BCUT2D eigenvalue weighted by molar-refractivity contribution is 5.80. The van der Waals surface area contributed by atoms with Crippen molar-refractivity contribution in [2.75, 3.05) is 19.8 Å². The molecule has 0 radical (unpaired) electrons. The first-order valence-electron chi connectivity index (χ1n) is 10.3. The van der Waals surface area contributed by atoms with Crippen molar-refractivity contribution >= 4 is 5.91 Å². The summed E-state index contributed by atoms with van der Waals surface area (Å²) in [5.41, 5.74) is 2.97. The van der Waals surface area contributed by atoms with Gasteiger partial charge in [0.2, 0.25) is 5.88 Å². The Labute approximate surface area is 182 Å². The van der Waals surface area contributed by atoms with Crippen LogP contribution in [0.5, 0.6) is 17.4 Å². The highest BCUT2D eigenvalue weighted by atomic mass is 16.5. The lowest BCUT2D eigenvalue weighted by Crippen LogP contribution is -2.38. The van der Waals surface area contributed by atoms with Gasteiger partial charge in [-0.05, 0) is 39.0 Å². The molecule has 1 N–H and O–H groups in total. The molecule has 3 rings (SSSR count). The first-order chi connectivity index (χ1) is 15.0. The zero-order valence-corrected chi connectivity index (χ0v) is 18.0. The van der Waals surface area contributed by atoms with Gasteiger partial charge < -0.3 is 19.5 Å². The van der Waals surface area contributed by atoms with E-state index in [1.165, 1.54) is 5.56 Å². The average Bonchev–Trinajstić information content (AvgIpc) is 2.78. The summed E-state index contributed by atoms with van der Waals surface area (Å²) >= 11 is 0. The van der Waals surface area contributed by atoms with Gasteiger partial charge in [0.15, 0.2) is 6.10 Å². The number of nitrogens with zero attached hydrogens (tertiary/aromatic N) is 2. The van der Waals surface area contributed by atoms with E-state index >= 15 is 0 Å². The van der Waals surface area contributed by atoms with Crippen molar-refractivity contribution in [1.82, 2.24) is 15.5 Å². The Kier molecular flexibility index (Phi) is 7.81. The molecule has 0 bridgehead atoms. The van der Waals surface area contributed by atoms with Crippen LogP contribution < -0.4 is 19.5 Å². The number of hydrogen-bond acceptors (Lipinski definition) is 6. The number of rotatable bonds is 10. The Morgan fingerprint density at radius 3 is 2.48 bits per heavy atom. The standard InChI is InChI=1S/C24H27N3O4/c1-4-29-20-6-5-7-21(16-20)31-18(3)24(28)25-14-15-30-23-13-12-22(26-27-23)19-10-8-17(2)9-11-19/h5-13,16,18H,4,14-15H2,1-3H3,(H,25,28). The van der Waals surface area contributed by atoms with Crippen LogP contribution >= 0.6 is 0 Å². The van der Waals surface area contributed by atoms with Crippen molar-refractivity contribution in [2.24, 2.45) is 0 Å². The third kappa shape index (κ3) is 6.70. The van der Waals surface area contributed by atoms with Crippen molar-refractivity contribution in [1.29, 1.82) is 0 Å². The van der Waals surface area contributed by atoms with E-state index in [0.29, 0.717) is 30.5 Å². The molecule has 7 nitrogen and oxygen atoms in total. The van der Waals surface area contributed by atoms with Gasteiger partial charge in [0, 0.05) is 17.7 Å². The maximum absolute atomic E-state index is 12.2. The second-order valence-electron chi connectivity index (χ2n) is 6.93. The number of benzene rings is 2. The summed E-state index contributed by atoms with van der Waals surface area (Å²) in [6.07, 6.45) is -0.648. The minimum atomic E-state index is -0.648. The summed E-state index contributed by atoms with van der Waals surface area (Å²) in [5, 5.41) is 11.1. The Balaban J connectivity index is 1.41. The summed E-state index contributed by atoms with van der Waals surface area (Å²) in [6.45, 7) is 6.81. The van der Waals surface area contributed by atoms with Crippen molar-refractivity contribution in [3.05, 3.63) is 66.2 Å². The van der Waals surface area contributed by atoms with Crippen molar-refractivity contribution < 1.29 is 19.0 Å². The Hall–Kier alpha value is -3.61. The van der Waals surface area contributed by atoms with Gasteiger partial charge in [-0.25, -0.2) is 0 Å². The number of amides is 1. The summed E-state index contributed by atoms with van der Waals surface area (Å²) in [4.78, 5) is 12.2. The molecule has 2 aromatic carbocycles. The third-order valence-corrected chi connectivity index (χ3v) is 4.44. The second kappa shape index (κ2) is 11.0. The summed E-state index contributed by atoms with van der Waals surface area (Å²) < 4.78 is 16.7. The lowest BCUT2D eigenvalue weighted by Gasteiger charge is -2.15. The molecule has 3 aromatic rings. The van der Waals surface area contributed by atoms with E-state index in [2.05, 4.69) is 15.5 Å². The number of aryl methyl sites for hydroxylation is 1. The summed E-state index contributed by atoms with van der Waals surface area (Å²) in [5.74, 6) is 1.46. The zero-order valence-electron chi connectivity index (χ0n) is 18.0. The molecule has 0 aliphatic rings. The Morgan fingerprint density at radius 1 is 1.00 bits per heavy atom. The van der Waals surface area contributed by atoms with E-state index in [9.17, 15) is 4.79 Å². The molecule has 0 aliphatic heterocycles. The molecule has 0 saturated carbocycles. The number of hydrogen-bond donors (Lipinski definition) is 1. The fourth-order valence-electron chi connectivity index (χ4n) is 2.81. The van der Waals surface area contributed by atoms with Gasteiger partial charge in [0.05, 0.1) is 18.8 Å². The predicted octanol–water partition coefficient (Wildman–Crippen LogP) is 3.81. The highest BCUT2D eigenvalue weighted by Gasteiger charge is 2.14. The van der Waals surface area contributed by atoms with Crippen LogP contribution in [-0.4, -0.2) is 42.0 Å². The monoisotopic (exact) mass is 421 g/mol. The van der Waals surface area contributed by atoms with Gasteiger partial charge in [0.25, 0.3) is 5.91 Å². The van der Waals surface area contributed by atoms with Crippen LogP contribution in [0.2, 0.25) is 0 Å². The minimum absolute atomic E-state index is 0.230. The maximum atomic E-state index is 12.2. The molecule has 31 heavy (non-hydrogen) atoms. The molecule has 0 aliphatic carbocycles. The number of carbonyl (C=O) groups is 1. The molecule has 0 fully saturated rings. The van der Waals surface area contributed by atoms with E-state index in [1.807, 2.05) is 56.3 Å². The van der Waals surface area contributed by atoms with E-state index in [4.69, 9.17) is 14.2 Å². The lowest BCUT2D eigenvalue weighted by molar-refractivity contribution is -0.127. The zero-order chi connectivity index (χ0) is 22.1. The molecule has 1 aromatic heterocycles. The number of carbonyl (C=O) groups excluding carboxylic acids is 1. The molecule has 1 amide bonds. The summed E-state index contributed by atoms with van der Waals surface area (Å²) in [6, 6.07) is 18.9. The smallest absolute Gasteiger partial charge is 0.260 e. The van der Waals surface area contributed by atoms with Crippen LogP contribution in [0.15, 0.2) is 60.7 Å². The molecule has 1 unspecified atom stereocenters. The van der Waals surface area contributed by atoms with Crippen LogP contribution in [0.1, 0.15) is 19.4 Å². The molecule has 0 spiro atoms. The van der Waals surface area contributed by atoms with E-state index in [0.717, 1.165) is 11.3 Å². The second-order valence-corrected chi connectivity index (χ2v) is 6.93. The van der Waals surface area contributed by atoms with Gasteiger partial charge in [-0.1, -0.05) is 35.9 Å². The first-order valence-corrected chi connectivity index (χ1v) is 10.3. The Bertz CT molecular complexity index is 975. The topological polar surface area (TPSA) is 82.6 Å². The molecule has 162 valence electrons. The van der Waals surface area contributed by atoms with Crippen LogP contribution in [-0.2, 0) is 4.79 Å². The van der Waals surface area contributed by atoms with Crippen molar-refractivity contribution in [3.8, 4) is 28.6 Å². The van der Waals surface area contributed by atoms with E-state index in [-0.39, 0.29) is 12.5 Å². The number of nitrogens with one attached hydrogen (secondary N) is 1. The van der Waals surface area contributed by atoms with Crippen LogP contribution in [0.3, 0.4) is 0 Å². The van der Waals surface area contributed by atoms with Crippen molar-refractivity contribution in [2.45, 2.75) is 26.9 Å². The van der Waals surface area contributed by atoms with E-state index in [1.54, 1.807) is 25.1 Å². The fraction of sp³-hybridized carbons (Fsp3) is 0.292. The maximum Gasteiger partial charge on any atom is 0.260 e. The first kappa shape index (κ1) is 22.1. The van der Waals surface area contributed by atoms with Gasteiger partial charge in [0.1, 0.15) is 18.1 Å². The molecular weight excluding hydrogens is 394 g/mol. The average molecular weight is 421 g/mol. The van der Waals surface area contributed by atoms with Crippen LogP contribution in [0.4, 0.5) is 0 Å². The van der Waals surface area contributed by atoms with Crippen LogP contribution in [0, 0.1) is 6.92 Å². The molecule has 1 atom stereocenters. The van der Waals surface area contributed by atoms with Gasteiger partial charge in [-0.2, -0.15) is 0 Å². The molecule has 1 heterocycles. The molecule has 0 saturated heterocycles. The van der Waals surface area contributed by atoms with Gasteiger partial charge in [-0.15, -0.1) is 10.2 Å². The highest BCUT2D eigenvalue weighted by Crippen LogP contribution is 2.20. The predicted molar refractivity (Wildman–Crippen MR) is 118 cm³/mol. The largest absolute Gasteiger partial charge is 0.494 e. The molecular formula is C24H27N3O4. The van der Waals surface area contributed by atoms with Crippen LogP contribution in [0.25, 0.3) is 11.3 Å². The SMILES string of the molecule is CCOc1cccc(OC(C)C(=O)NCCOc2ccc(-c3ccc(C)cc3)nn2)c1. The quantitative estimate of drug-likeness (QED) is 0.501. The number of ether oxygens (including phenoxy) is 3. The minimum Gasteiger partial charge on any atom is -0.494 e. The van der Waals surface area contributed by atoms with Gasteiger partial charge >= 0.3 is 0 Å². The Morgan fingerprint density at radius 2 is 1.77 bits per heavy atom. The van der Waals surface area contributed by atoms with Crippen molar-refractivity contribution in [3.63, 3.8) is 0 Å². The normalized spacial score (nSPS) is 11.5.